The summed E-state index contributed by atoms with van der Waals surface area (Å²) in [6.07, 6.45) is 5.07. The molecule has 0 radical (unpaired) electrons. The van der Waals surface area contributed by atoms with Gasteiger partial charge in [0, 0.05) is 13.2 Å². The van der Waals surface area contributed by atoms with Gasteiger partial charge in [-0.1, -0.05) is 6.07 Å². The summed E-state index contributed by atoms with van der Waals surface area (Å²) in [5, 5.41) is 6.50. The number of para-hydroxylation sites is 1. The quantitative estimate of drug-likeness (QED) is 0.741. The summed E-state index contributed by atoms with van der Waals surface area (Å²) in [4.78, 5) is 12.8. The standard InChI is InChI=1S/C21H32N2O5/c1-25-17-5-4-6-18(19(17)26-2)28-16-9-7-15(8-10-16)23-20(24)21(27-3)11-13-22-14-12-21/h4-6,15-16,22H,7-14H2,1-3H3,(H,23,24). The van der Waals surface area contributed by atoms with Crippen LogP contribution >= 0.6 is 0 Å². The van der Waals surface area contributed by atoms with Gasteiger partial charge in [-0.05, 0) is 63.7 Å². The van der Waals surface area contributed by atoms with E-state index in [9.17, 15) is 4.79 Å². The molecule has 0 spiro atoms. The molecule has 2 aliphatic rings. The van der Waals surface area contributed by atoms with E-state index in [-0.39, 0.29) is 18.1 Å². The minimum atomic E-state index is -0.688. The molecule has 1 saturated carbocycles. The van der Waals surface area contributed by atoms with Gasteiger partial charge in [0.1, 0.15) is 5.60 Å². The van der Waals surface area contributed by atoms with Gasteiger partial charge < -0.3 is 29.6 Å². The van der Waals surface area contributed by atoms with Crippen LogP contribution in [0.15, 0.2) is 18.2 Å². The number of methoxy groups -OCH3 is 3. The number of benzene rings is 1. The molecule has 7 nitrogen and oxygen atoms in total. The number of piperidine rings is 1. The minimum absolute atomic E-state index is 0.0235. The number of rotatable bonds is 7. The van der Waals surface area contributed by atoms with Crippen molar-refractivity contribution in [3.05, 3.63) is 18.2 Å². The summed E-state index contributed by atoms with van der Waals surface area (Å²) in [5.41, 5.74) is -0.688. The van der Waals surface area contributed by atoms with Crippen molar-refractivity contribution in [3.8, 4) is 17.2 Å². The number of hydrogen-bond acceptors (Lipinski definition) is 6. The maximum atomic E-state index is 12.8. The van der Waals surface area contributed by atoms with Gasteiger partial charge in [-0.15, -0.1) is 0 Å². The van der Waals surface area contributed by atoms with E-state index >= 15 is 0 Å². The molecule has 2 fully saturated rings. The molecule has 2 N–H and O–H groups in total. The Labute approximate surface area is 167 Å². The van der Waals surface area contributed by atoms with E-state index in [0.29, 0.717) is 30.1 Å². The maximum Gasteiger partial charge on any atom is 0.252 e. The average molecular weight is 392 g/mol. The fourth-order valence-corrected chi connectivity index (χ4v) is 4.13. The Balaban J connectivity index is 1.53. The predicted molar refractivity (Wildman–Crippen MR) is 106 cm³/mol. The van der Waals surface area contributed by atoms with Crippen LogP contribution in [0.3, 0.4) is 0 Å². The van der Waals surface area contributed by atoms with Crippen molar-refractivity contribution in [3.63, 3.8) is 0 Å². The van der Waals surface area contributed by atoms with Gasteiger partial charge in [0.25, 0.3) is 5.91 Å². The van der Waals surface area contributed by atoms with Crippen LogP contribution in [0, 0.1) is 0 Å². The molecule has 28 heavy (non-hydrogen) atoms. The lowest BCUT2D eigenvalue weighted by Crippen LogP contribution is -2.56. The molecule has 156 valence electrons. The minimum Gasteiger partial charge on any atom is -0.493 e. The molecule has 1 heterocycles. The smallest absolute Gasteiger partial charge is 0.252 e. The summed E-state index contributed by atoms with van der Waals surface area (Å²) < 4.78 is 22.6. The lowest BCUT2D eigenvalue weighted by molar-refractivity contribution is -0.147. The maximum absolute atomic E-state index is 12.8. The van der Waals surface area contributed by atoms with Crippen molar-refractivity contribution < 1.29 is 23.7 Å². The Hall–Kier alpha value is -1.99. The lowest BCUT2D eigenvalue weighted by Gasteiger charge is -2.37. The Morgan fingerprint density at radius 1 is 1.04 bits per heavy atom. The topological polar surface area (TPSA) is 78.1 Å². The zero-order chi connectivity index (χ0) is 20.0. The third-order valence-electron chi connectivity index (χ3n) is 5.89. The van der Waals surface area contributed by atoms with E-state index in [1.54, 1.807) is 21.3 Å². The van der Waals surface area contributed by atoms with E-state index < -0.39 is 5.60 Å². The fraction of sp³-hybridized carbons (Fsp3) is 0.667. The first kappa shape index (κ1) is 20.7. The summed E-state index contributed by atoms with van der Waals surface area (Å²) in [6.45, 7) is 1.62. The monoisotopic (exact) mass is 392 g/mol. The highest BCUT2D eigenvalue weighted by Crippen LogP contribution is 2.38. The second-order valence-corrected chi connectivity index (χ2v) is 7.51. The molecule has 3 rings (SSSR count). The Bertz CT molecular complexity index is 652. The third kappa shape index (κ3) is 4.52. The highest BCUT2D eigenvalue weighted by atomic mass is 16.5. The van der Waals surface area contributed by atoms with Crippen LogP contribution in [0.2, 0.25) is 0 Å². The van der Waals surface area contributed by atoms with E-state index in [1.807, 2.05) is 18.2 Å². The molecule has 1 aliphatic carbocycles. The largest absolute Gasteiger partial charge is 0.493 e. The van der Waals surface area contributed by atoms with E-state index in [1.165, 1.54) is 0 Å². The zero-order valence-corrected chi connectivity index (χ0v) is 17.1. The molecular formula is C21H32N2O5. The zero-order valence-electron chi connectivity index (χ0n) is 17.1. The van der Waals surface area contributed by atoms with Crippen molar-refractivity contribution in [2.24, 2.45) is 0 Å². The number of amides is 1. The Morgan fingerprint density at radius 3 is 2.32 bits per heavy atom. The molecule has 0 aromatic heterocycles. The second-order valence-electron chi connectivity index (χ2n) is 7.51. The van der Waals surface area contributed by atoms with Crippen molar-refractivity contribution in [2.75, 3.05) is 34.4 Å². The fourth-order valence-electron chi connectivity index (χ4n) is 4.13. The van der Waals surface area contributed by atoms with Crippen molar-refractivity contribution in [1.82, 2.24) is 10.6 Å². The number of carbonyl (C=O) groups is 1. The van der Waals surface area contributed by atoms with Gasteiger partial charge in [0.15, 0.2) is 11.5 Å². The van der Waals surface area contributed by atoms with Gasteiger partial charge in [0.2, 0.25) is 5.75 Å². The van der Waals surface area contributed by atoms with Crippen LogP contribution in [-0.2, 0) is 9.53 Å². The normalized spacial score (nSPS) is 24.2. The number of hydrogen-bond donors (Lipinski definition) is 2. The molecular weight excluding hydrogens is 360 g/mol. The highest BCUT2D eigenvalue weighted by molar-refractivity contribution is 5.85. The summed E-state index contributed by atoms with van der Waals surface area (Å²) in [5.74, 6) is 2.00. The van der Waals surface area contributed by atoms with Crippen LogP contribution in [0.4, 0.5) is 0 Å². The average Bonchev–Trinajstić information content (AvgIpc) is 2.75. The molecule has 1 aromatic carbocycles. The number of nitrogens with one attached hydrogen (secondary N) is 2. The lowest BCUT2D eigenvalue weighted by atomic mass is 9.88. The highest BCUT2D eigenvalue weighted by Gasteiger charge is 2.40. The van der Waals surface area contributed by atoms with E-state index in [4.69, 9.17) is 18.9 Å². The predicted octanol–water partition coefficient (Wildman–Crippen LogP) is 2.28. The third-order valence-corrected chi connectivity index (χ3v) is 5.89. The summed E-state index contributed by atoms with van der Waals surface area (Å²) in [6, 6.07) is 5.81. The van der Waals surface area contributed by atoms with Gasteiger partial charge >= 0.3 is 0 Å². The van der Waals surface area contributed by atoms with Gasteiger partial charge in [0.05, 0.1) is 20.3 Å². The molecule has 0 unspecified atom stereocenters. The van der Waals surface area contributed by atoms with Crippen molar-refractivity contribution >= 4 is 5.91 Å². The molecule has 1 aromatic rings. The first-order valence-corrected chi connectivity index (χ1v) is 10.1. The van der Waals surface area contributed by atoms with Crippen molar-refractivity contribution in [2.45, 2.75) is 56.3 Å². The van der Waals surface area contributed by atoms with E-state index in [0.717, 1.165) is 38.8 Å². The molecule has 1 saturated heterocycles. The van der Waals surface area contributed by atoms with Gasteiger partial charge in [-0.3, -0.25) is 4.79 Å². The van der Waals surface area contributed by atoms with Gasteiger partial charge in [-0.2, -0.15) is 0 Å². The first-order chi connectivity index (χ1) is 13.6. The van der Waals surface area contributed by atoms with Crippen LogP contribution in [0.1, 0.15) is 38.5 Å². The van der Waals surface area contributed by atoms with Crippen LogP contribution in [0.25, 0.3) is 0 Å². The Morgan fingerprint density at radius 2 is 1.71 bits per heavy atom. The molecule has 1 amide bonds. The van der Waals surface area contributed by atoms with E-state index in [2.05, 4.69) is 10.6 Å². The van der Waals surface area contributed by atoms with Crippen molar-refractivity contribution in [1.29, 1.82) is 0 Å². The van der Waals surface area contributed by atoms with Crippen LogP contribution in [0.5, 0.6) is 17.2 Å². The van der Waals surface area contributed by atoms with Crippen LogP contribution < -0.4 is 24.8 Å². The van der Waals surface area contributed by atoms with Crippen LogP contribution in [-0.4, -0.2) is 58.1 Å². The SMILES string of the molecule is COc1cccc(OC2CCC(NC(=O)C3(OC)CCNCC3)CC2)c1OC. The summed E-state index contributed by atoms with van der Waals surface area (Å²) >= 11 is 0. The first-order valence-electron chi connectivity index (χ1n) is 10.1. The van der Waals surface area contributed by atoms with Gasteiger partial charge in [-0.25, -0.2) is 0 Å². The molecule has 7 heteroatoms. The summed E-state index contributed by atoms with van der Waals surface area (Å²) in [7, 11) is 4.87. The Kier molecular flexibility index (Phi) is 7.02. The number of ether oxygens (including phenoxy) is 4. The second kappa shape index (κ2) is 9.47. The molecule has 1 aliphatic heterocycles. The molecule has 0 atom stereocenters. The molecule has 0 bridgehead atoms. The number of carbonyl (C=O) groups excluding carboxylic acids is 1.